The lowest BCUT2D eigenvalue weighted by molar-refractivity contribution is -0.129. The summed E-state index contributed by atoms with van der Waals surface area (Å²) in [5, 5.41) is 3.12. The van der Waals surface area contributed by atoms with E-state index in [1.807, 2.05) is 34.6 Å². The third-order valence-electron chi connectivity index (χ3n) is 5.86. The molecule has 2 rings (SSSR count). The molecule has 0 unspecified atom stereocenters. The second kappa shape index (κ2) is 17.9. The van der Waals surface area contributed by atoms with Crippen molar-refractivity contribution in [3.63, 3.8) is 0 Å². The lowest BCUT2D eigenvalue weighted by Crippen LogP contribution is -2.47. The summed E-state index contributed by atoms with van der Waals surface area (Å²) in [7, 11) is 0. The molecule has 0 aromatic carbocycles. The van der Waals surface area contributed by atoms with Gasteiger partial charge in [-0.3, -0.25) is 9.59 Å². The number of carbonyl (C=O) groups excluding carboxylic acids is 2. The summed E-state index contributed by atoms with van der Waals surface area (Å²) in [6.07, 6.45) is 6.45. The summed E-state index contributed by atoms with van der Waals surface area (Å²) in [5.74, 6) is 0.909. The highest BCUT2D eigenvalue weighted by atomic mass is 16.2. The predicted octanol–water partition coefficient (Wildman–Crippen LogP) is 4.36. The van der Waals surface area contributed by atoms with E-state index in [1.165, 1.54) is 26.1 Å². The normalized spacial score (nSPS) is 22.6. The first kappa shape index (κ1) is 28.1. The molecule has 1 heterocycles. The van der Waals surface area contributed by atoms with Gasteiger partial charge in [0.1, 0.15) is 5.78 Å². The molecule has 5 heteroatoms. The van der Waals surface area contributed by atoms with Gasteiger partial charge in [-0.15, -0.1) is 0 Å². The Labute approximate surface area is 181 Å². The van der Waals surface area contributed by atoms with Crippen LogP contribution in [0.3, 0.4) is 0 Å². The monoisotopic (exact) mass is 411 g/mol. The van der Waals surface area contributed by atoms with Crippen molar-refractivity contribution in [2.24, 2.45) is 11.8 Å². The van der Waals surface area contributed by atoms with Crippen LogP contribution >= 0.6 is 0 Å². The fourth-order valence-electron chi connectivity index (χ4n) is 4.18. The molecule has 1 saturated heterocycles. The summed E-state index contributed by atoms with van der Waals surface area (Å²) < 4.78 is 0. The van der Waals surface area contributed by atoms with Gasteiger partial charge in [-0.2, -0.15) is 0 Å². The van der Waals surface area contributed by atoms with E-state index in [0.717, 1.165) is 58.3 Å². The van der Waals surface area contributed by atoms with Gasteiger partial charge in [-0.1, -0.05) is 41.5 Å². The molecular formula is C24H49N3O2. The molecule has 0 bridgehead atoms. The SMILES string of the molecule is CC.CC.CCCN1CCN(CCCNC(=O)C2CCC(C(=O)CC)CC2)CC1. The maximum Gasteiger partial charge on any atom is 0.223 e. The van der Waals surface area contributed by atoms with Gasteiger partial charge in [-0.05, 0) is 51.6 Å². The summed E-state index contributed by atoms with van der Waals surface area (Å²) in [6, 6.07) is 0. The van der Waals surface area contributed by atoms with Crippen LogP contribution in [0.15, 0.2) is 0 Å². The van der Waals surface area contributed by atoms with Crippen molar-refractivity contribution in [1.29, 1.82) is 0 Å². The van der Waals surface area contributed by atoms with Crippen molar-refractivity contribution in [2.45, 2.75) is 86.5 Å². The predicted molar refractivity (Wildman–Crippen MR) is 124 cm³/mol. The van der Waals surface area contributed by atoms with Gasteiger partial charge in [-0.25, -0.2) is 0 Å². The van der Waals surface area contributed by atoms with E-state index in [2.05, 4.69) is 22.0 Å². The molecule has 0 radical (unpaired) electrons. The standard InChI is InChI=1S/C20H37N3O2.2C2H6/c1-3-11-22-13-15-23(16-14-22)12-5-10-21-20(25)18-8-6-17(7-9-18)19(24)4-2;2*1-2/h17-18H,3-16H2,1-2H3,(H,21,25);2*1-2H3. The lowest BCUT2D eigenvalue weighted by atomic mass is 9.79. The van der Waals surface area contributed by atoms with Crippen molar-refractivity contribution < 1.29 is 9.59 Å². The molecule has 1 aliphatic heterocycles. The van der Waals surface area contributed by atoms with Gasteiger partial charge in [0.2, 0.25) is 5.91 Å². The molecule has 1 amide bonds. The van der Waals surface area contributed by atoms with E-state index in [-0.39, 0.29) is 17.7 Å². The van der Waals surface area contributed by atoms with Crippen molar-refractivity contribution in [3.8, 4) is 0 Å². The van der Waals surface area contributed by atoms with E-state index >= 15 is 0 Å². The highest BCUT2D eigenvalue weighted by Crippen LogP contribution is 2.30. The number of ketones is 1. The zero-order valence-corrected chi connectivity index (χ0v) is 20.3. The van der Waals surface area contributed by atoms with Gasteiger partial charge in [0.15, 0.2) is 0 Å². The van der Waals surface area contributed by atoms with Crippen molar-refractivity contribution in [2.75, 3.05) is 45.8 Å². The van der Waals surface area contributed by atoms with Gasteiger partial charge in [0, 0.05) is 51.0 Å². The summed E-state index contributed by atoms with van der Waals surface area (Å²) in [6.45, 7) is 19.9. The Balaban J connectivity index is 0.00000184. The summed E-state index contributed by atoms with van der Waals surface area (Å²) in [4.78, 5) is 29.1. The maximum absolute atomic E-state index is 12.3. The second-order valence-electron chi connectivity index (χ2n) is 7.70. The lowest BCUT2D eigenvalue weighted by Gasteiger charge is -2.34. The minimum atomic E-state index is 0.124. The summed E-state index contributed by atoms with van der Waals surface area (Å²) in [5.41, 5.74) is 0. The smallest absolute Gasteiger partial charge is 0.223 e. The first-order valence-corrected chi connectivity index (χ1v) is 12.4. The van der Waals surface area contributed by atoms with Crippen molar-refractivity contribution >= 4 is 11.7 Å². The van der Waals surface area contributed by atoms with E-state index in [9.17, 15) is 9.59 Å². The molecule has 0 atom stereocenters. The molecule has 172 valence electrons. The minimum absolute atomic E-state index is 0.124. The molecule has 2 aliphatic rings. The van der Waals surface area contributed by atoms with Crippen LogP contribution < -0.4 is 5.32 Å². The average molecular weight is 412 g/mol. The van der Waals surface area contributed by atoms with Crippen LogP contribution in [-0.2, 0) is 9.59 Å². The molecule has 1 N–H and O–H groups in total. The molecule has 0 spiro atoms. The second-order valence-corrected chi connectivity index (χ2v) is 7.70. The van der Waals surface area contributed by atoms with Crippen LogP contribution in [0.5, 0.6) is 0 Å². The van der Waals surface area contributed by atoms with Gasteiger partial charge >= 0.3 is 0 Å². The number of nitrogens with zero attached hydrogens (tertiary/aromatic N) is 2. The Morgan fingerprint density at radius 2 is 1.28 bits per heavy atom. The van der Waals surface area contributed by atoms with E-state index in [4.69, 9.17) is 0 Å². The molecular weight excluding hydrogens is 362 g/mol. The maximum atomic E-state index is 12.3. The Hall–Kier alpha value is -0.940. The number of carbonyl (C=O) groups is 2. The van der Waals surface area contributed by atoms with Crippen LogP contribution in [0, 0.1) is 11.8 Å². The van der Waals surface area contributed by atoms with Gasteiger partial charge < -0.3 is 15.1 Å². The number of nitrogens with one attached hydrogen (secondary N) is 1. The van der Waals surface area contributed by atoms with Crippen LogP contribution in [0.25, 0.3) is 0 Å². The third kappa shape index (κ3) is 11.1. The van der Waals surface area contributed by atoms with Gasteiger partial charge in [0.25, 0.3) is 0 Å². The molecule has 1 saturated carbocycles. The highest BCUT2D eigenvalue weighted by Gasteiger charge is 2.28. The number of hydrogen-bond acceptors (Lipinski definition) is 4. The molecule has 29 heavy (non-hydrogen) atoms. The Bertz CT molecular complexity index is 412. The molecule has 2 fully saturated rings. The third-order valence-corrected chi connectivity index (χ3v) is 5.86. The largest absolute Gasteiger partial charge is 0.356 e. The number of Topliss-reactive ketones (excluding diaryl/α,β-unsaturated/α-hetero) is 1. The Kier molecular flexibility index (Phi) is 17.3. The van der Waals surface area contributed by atoms with Crippen LogP contribution in [0.4, 0.5) is 0 Å². The first-order chi connectivity index (χ1) is 14.1. The van der Waals surface area contributed by atoms with E-state index < -0.39 is 0 Å². The Morgan fingerprint density at radius 1 is 0.793 bits per heavy atom. The Morgan fingerprint density at radius 3 is 1.76 bits per heavy atom. The quantitative estimate of drug-likeness (QED) is 0.573. The van der Waals surface area contributed by atoms with Gasteiger partial charge in [0.05, 0.1) is 0 Å². The molecule has 0 aromatic heterocycles. The topological polar surface area (TPSA) is 52.6 Å². The number of hydrogen-bond donors (Lipinski definition) is 1. The molecule has 1 aliphatic carbocycles. The highest BCUT2D eigenvalue weighted by molar-refractivity contribution is 5.82. The van der Waals surface area contributed by atoms with Crippen LogP contribution in [-0.4, -0.2) is 67.3 Å². The number of amides is 1. The zero-order chi connectivity index (χ0) is 22.1. The van der Waals surface area contributed by atoms with Crippen LogP contribution in [0.2, 0.25) is 0 Å². The molecule has 0 aromatic rings. The van der Waals surface area contributed by atoms with E-state index in [0.29, 0.717) is 12.2 Å². The van der Waals surface area contributed by atoms with Crippen molar-refractivity contribution in [3.05, 3.63) is 0 Å². The van der Waals surface area contributed by atoms with E-state index in [1.54, 1.807) is 0 Å². The van der Waals surface area contributed by atoms with Crippen LogP contribution in [0.1, 0.15) is 86.5 Å². The number of rotatable bonds is 9. The summed E-state index contributed by atoms with van der Waals surface area (Å²) >= 11 is 0. The molecule has 5 nitrogen and oxygen atoms in total. The average Bonchev–Trinajstić information content (AvgIpc) is 2.80. The minimum Gasteiger partial charge on any atom is -0.356 e. The van der Waals surface area contributed by atoms with Crippen molar-refractivity contribution in [1.82, 2.24) is 15.1 Å². The fraction of sp³-hybridized carbons (Fsp3) is 0.917. The first-order valence-electron chi connectivity index (χ1n) is 12.4. The fourth-order valence-corrected chi connectivity index (χ4v) is 4.18. The zero-order valence-electron chi connectivity index (χ0n) is 20.3. The number of piperazine rings is 1.